The second kappa shape index (κ2) is 6.95. The average Bonchev–Trinajstić information content (AvgIpc) is 2.61. The summed E-state index contributed by atoms with van der Waals surface area (Å²) >= 11 is 0. The van der Waals surface area contributed by atoms with Crippen molar-refractivity contribution in [2.45, 2.75) is 71.4 Å². The van der Waals surface area contributed by atoms with Gasteiger partial charge in [-0.1, -0.05) is 46.5 Å². The molecule has 1 atom stereocenters. The van der Waals surface area contributed by atoms with Crippen LogP contribution in [0.3, 0.4) is 0 Å². The van der Waals surface area contributed by atoms with E-state index in [2.05, 4.69) is 5.32 Å². The van der Waals surface area contributed by atoms with Crippen molar-refractivity contribution in [1.29, 1.82) is 0 Å². The van der Waals surface area contributed by atoms with Crippen molar-refractivity contribution in [2.75, 3.05) is 7.05 Å². The molecule has 1 aliphatic carbocycles. The smallest absolute Gasteiger partial charge is 0.326 e. The van der Waals surface area contributed by atoms with E-state index in [-0.39, 0.29) is 12.1 Å². The minimum Gasteiger partial charge on any atom is -0.480 e. The van der Waals surface area contributed by atoms with E-state index in [1.807, 2.05) is 20.8 Å². The number of amides is 2. The molecule has 5 nitrogen and oxygen atoms in total. The summed E-state index contributed by atoms with van der Waals surface area (Å²) in [6.45, 7) is 5.45. The topological polar surface area (TPSA) is 69.6 Å². The zero-order chi connectivity index (χ0) is 15.3. The minimum absolute atomic E-state index is 0.229. The molecule has 116 valence electrons. The van der Waals surface area contributed by atoms with Crippen LogP contribution in [0.25, 0.3) is 0 Å². The van der Waals surface area contributed by atoms with Gasteiger partial charge in [0, 0.05) is 13.1 Å². The first-order valence-electron chi connectivity index (χ1n) is 7.49. The Balaban J connectivity index is 2.65. The number of carboxylic acids is 1. The Bertz CT molecular complexity index is 342. The molecule has 2 N–H and O–H groups in total. The molecule has 1 aliphatic rings. The summed E-state index contributed by atoms with van der Waals surface area (Å²) in [4.78, 5) is 25.3. The lowest BCUT2D eigenvalue weighted by molar-refractivity contribution is -0.142. The van der Waals surface area contributed by atoms with Crippen molar-refractivity contribution in [2.24, 2.45) is 5.41 Å². The lowest BCUT2D eigenvalue weighted by Gasteiger charge is -2.32. The SMILES string of the molecule is CN(C(=O)NC(C(=O)O)C(C)(C)C)C1CCCCCC1. The van der Waals surface area contributed by atoms with Gasteiger partial charge < -0.3 is 15.3 Å². The third kappa shape index (κ3) is 4.69. The predicted octanol–water partition coefficient (Wildman–Crippen LogP) is 2.85. The van der Waals surface area contributed by atoms with E-state index in [1.165, 1.54) is 12.8 Å². The van der Waals surface area contributed by atoms with Crippen molar-refractivity contribution >= 4 is 12.0 Å². The van der Waals surface area contributed by atoms with E-state index >= 15 is 0 Å². The maximum Gasteiger partial charge on any atom is 0.326 e. The first kappa shape index (κ1) is 16.8. The molecule has 0 radical (unpaired) electrons. The van der Waals surface area contributed by atoms with Gasteiger partial charge in [-0.2, -0.15) is 0 Å². The molecule has 0 aromatic carbocycles. The molecule has 0 saturated heterocycles. The second-order valence-electron chi connectivity index (χ2n) is 6.84. The first-order valence-corrected chi connectivity index (χ1v) is 7.49. The highest BCUT2D eigenvalue weighted by Gasteiger charge is 2.34. The van der Waals surface area contributed by atoms with Crippen LogP contribution in [-0.2, 0) is 4.79 Å². The molecule has 0 heterocycles. The molecule has 1 saturated carbocycles. The summed E-state index contributed by atoms with van der Waals surface area (Å²) < 4.78 is 0. The summed E-state index contributed by atoms with van der Waals surface area (Å²) in [5, 5.41) is 11.9. The largest absolute Gasteiger partial charge is 0.480 e. The van der Waals surface area contributed by atoms with Gasteiger partial charge in [0.15, 0.2) is 0 Å². The van der Waals surface area contributed by atoms with Gasteiger partial charge in [-0.05, 0) is 18.3 Å². The van der Waals surface area contributed by atoms with Gasteiger partial charge in [0.2, 0.25) is 0 Å². The number of aliphatic carboxylic acids is 1. The highest BCUT2D eigenvalue weighted by molar-refractivity contribution is 5.83. The van der Waals surface area contributed by atoms with E-state index in [0.717, 1.165) is 25.7 Å². The maximum absolute atomic E-state index is 12.3. The lowest BCUT2D eigenvalue weighted by atomic mass is 9.87. The summed E-state index contributed by atoms with van der Waals surface area (Å²) in [6.07, 6.45) is 6.76. The standard InChI is InChI=1S/C15H28N2O3/c1-15(2,3)12(13(18)19)16-14(20)17(4)11-9-7-5-6-8-10-11/h11-12H,5-10H2,1-4H3,(H,16,20)(H,18,19). The second-order valence-corrected chi connectivity index (χ2v) is 6.84. The van der Waals surface area contributed by atoms with Crippen LogP contribution < -0.4 is 5.32 Å². The Hall–Kier alpha value is -1.26. The number of carbonyl (C=O) groups is 2. The number of hydrogen-bond acceptors (Lipinski definition) is 2. The van der Waals surface area contributed by atoms with Crippen LogP contribution in [0.2, 0.25) is 0 Å². The molecule has 1 rings (SSSR count). The fourth-order valence-electron chi connectivity index (χ4n) is 2.68. The number of nitrogens with one attached hydrogen (secondary N) is 1. The molecular weight excluding hydrogens is 256 g/mol. The maximum atomic E-state index is 12.3. The van der Waals surface area contributed by atoms with E-state index in [4.69, 9.17) is 0 Å². The fourth-order valence-corrected chi connectivity index (χ4v) is 2.68. The van der Waals surface area contributed by atoms with Crippen LogP contribution in [0.5, 0.6) is 0 Å². The highest BCUT2D eigenvalue weighted by Crippen LogP contribution is 2.23. The van der Waals surface area contributed by atoms with Crippen molar-refractivity contribution in [3.63, 3.8) is 0 Å². The number of nitrogens with zero attached hydrogens (tertiary/aromatic N) is 1. The summed E-state index contributed by atoms with van der Waals surface area (Å²) in [5.41, 5.74) is -0.508. The van der Waals surface area contributed by atoms with Gasteiger partial charge in [0.05, 0.1) is 0 Å². The average molecular weight is 284 g/mol. The lowest BCUT2D eigenvalue weighted by Crippen LogP contribution is -2.54. The number of carboxylic acid groups (broad SMARTS) is 1. The summed E-state index contributed by atoms with van der Waals surface area (Å²) in [6, 6.07) is -0.922. The van der Waals surface area contributed by atoms with Gasteiger partial charge in [0.25, 0.3) is 0 Å². The number of carbonyl (C=O) groups excluding carboxylic acids is 1. The Morgan fingerprint density at radius 3 is 2.05 bits per heavy atom. The van der Waals surface area contributed by atoms with Crippen LogP contribution >= 0.6 is 0 Å². The zero-order valence-electron chi connectivity index (χ0n) is 13.1. The fraction of sp³-hybridized carbons (Fsp3) is 0.867. The van der Waals surface area contributed by atoms with E-state index in [0.29, 0.717) is 0 Å². The normalized spacial score (nSPS) is 19.0. The number of hydrogen-bond donors (Lipinski definition) is 2. The summed E-state index contributed by atoms with van der Waals surface area (Å²) in [7, 11) is 1.77. The molecule has 0 aromatic heterocycles. The molecule has 20 heavy (non-hydrogen) atoms. The van der Waals surface area contributed by atoms with Crippen LogP contribution in [0.4, 0.5) is 4.79 Å². The van der Waals surface area contributed by atoms with Gasteiger partial charge in [-0.3, -0.25) is 0 Å². The van der Waals surface area contributed by atoms with Crippen molar-refractivity contribution in [3.05, 3.63) is 0 Å². The molecule has 0 spiro atoms. The van der Waals surface area contributed by atoms with E-state index < -0.39 is 17.4 Å². The summed E-state index contributed by atoms with van der Waals surface area (Å²) in [5.74, 6) is -0.986. The Labute approximate surface area is 121 Å². The number of urea groups is 1. The molecule has 0 aromatic rings. The van der Waals surface area contributed by atoms with Gasteiger partial charge in [0.1, 0.15) is 6.04 Å². The van der Waals surface area contributed by atoms with Crippen LogP contribution in [0.1, 0.15) is 59.3 Å². The molecular formula is C15H28N2O3. The zero-order valence-corrected chi connectivity index (χ0v) is 13.1. The van der Waals surface area contributed by atoms with Gasteiger partial charge in [-0.25, -0.2) is 9.59 Å². The Morgan fingerprint density at radius 2 is 1.65 bits per heavy atom. The first-order chi connectivity index (χ1) is 9.23. The number of rotatable bonds is 3. The van der Waals surface area contributed by atoms with Crippen LogP contribution in [0.15, 0.2) is 0 Å². The van der Waals surface area contributed by atoms with Crippen molar-refractivity contribution < 1.29 is 14.7 Å². The third-order valence-corrected chi connectivity index (χ3v) is 4.07. The molecule has 1 unspecified atom stereocenters. The monoisotopic (exact) mass is 284 g/mol. The molecule has 0 bridgehead atoms. The quantitative estimate of drug-likeness (QED) is 0.783. The Kier molecular flexibility index (Phi) is 5.84. The molecule has 2 amide bonds. The highest BCUT2D eigenvalue weighted by atomic mass is 16.4. The van der Waals surface area contributed by atoms with Crippen molar-refractivity contribution in [3.8, 4) is 0 Å². The van der Waals surface area contributed by atoms with Crippen LogP contribution in [-0.4, -0.2) is 41.1 Å². The van der Waals surface area contributed by atoms with E-state index in [9.17, 15) is 14.7 Å². The predicted molar refractivity (Wildman–Crippen MR) is 78.7 cm³/mol. The van der Waals surface area contributed by atoms with Gasteiger partial charge in [-0.15, -0.1) is 0 Å². The van der Waals surface area contributed by atoms with Crippen LogP contribution in [0, 0.1) is 5.41 Å². The third-order valence-electron chi connectivity index (χ3n) is 4.07. The molecule has 1 fully saturated rings. The van der Waals surface area contributed by atoms with Gasteiger partial charge >= 0.3 is 12.0 Å². The Morgan fingerprint density at radius 1 is 1.15 bits per heavy atom. The van der Waals surface area contributed by atoms with E-state index in [1.54, 1.807) is 11.9 Å². The van der Waals surface area contributed by atoms with Crippen molar-refractivity contribution in [1.82, 2.24) is 10.2 Å². The molecule has 0 aliphatic heterocycles. The molecule has 5 heteroatoms. The minimum atomic E-state index is -0.986.